The summed E-state index contributed by atoms with van der Waals surface area (Å²) in [5.74, 6) is 0. The third-order valence-corrected chi connectivity index (χ3v) is 1.26. The van der Waals surface area contributed by atoms with E-state index in [1.54, 1.807) is 0 Å². The molecule has 0 amide bonds. The third kappa shape index (κ3) is 18.2. The molecule has 62 valence electrons. The summed E-state index contributed by atoms with van der Waals surface area (Å²) in [4.78, 5) is 0. The van der Waals surface area contributed by atoms with Gasteiger partial charge in [-0.25, -0.2) is 0 Å². The number of allylic oxidation sites excluding steroid dienone is 2. The predicted octanol–water partition coefficient (Wildman–Crippen LogP) is -0.0297. The zero-order valence-corrected chi connectivity index (χ0v) is 10.5. The molecule has 0 bridgehead atoms. The van der Waals surface area contributed by atoms with Gasteiger partial charge in [-0.1, -0.05) is 38.3 Å². The van der Waals surface area contributed by atoms with Gasteiger partial charge in [-0.3, -0.25) is 0 Å². The van der Waals surface area contributed by atoms with Gasteiger partial charge in [0.1, 0.15) is 0 Å². The molecule has 0 radical (unpaired) electrons. The predicted molar refractivity (Wildman–Crippen MR) is 49.0 cm³/mol. The molecule has 0 aliphatic heterocycles. The molecule has 0 aromatic heterocycles. The molecule has 0 aliphatic carbocycles. The van der Waals surface area contributed by atoms with Crippen molar-refractivity contribution in [1.82, 2.24) is 0 Å². The molecule has 0 N–H and O–H groups in total. The molecule has 0 heterocycles. The number of unbranched alkanes of at least 4 members (excludes halogenated alkanes) is 3. The topological polar surface area (TPSA) is 0 Å². The molecule has 0 unspecified atom stereocenters. The Morgan fingerprint density at radius 3 is 2.18 bits per heavy atom. The molecule has 0 saturated heterocycles. The Kier molecular flexibility index (Phi) is 28.0. The Bertz CT molecular complexity index is 72.0. The number of rotatable bonds is 5. The fourth-order valence-corrected chi connectivity index (χ4v) is 0.676. The first kappa shape index (κ1) is 17.9. The third-order valence-electron chi connectivity index (χ3n) is 1.26. The van der Waals surface area contributed by atoms with Crippen LogP contribution in [0.5, 0.6) is 0 Å². The molecule has 0 nitrogen and oxygen atoms in total. The van der Waals surface area contributed by atoms with Crippen LogP contribution in [0.3, 0.4) is 0 Å². The Hall–Kier alpha value is 0.986. The van der Waals surface area contributed by atoms with Crippen LogP contribution in [-0.2, 0) is 0 Å². The summed E-state index contributed by atoms with van der Waals surface area (Å²) < 4.78 is 0. The maximum Gasteiger partial charge on any atom is 2.00 e. The van der Waals surface area contributed by atoms with Gasteiger partial charge in [-0.15, -0.1) is 0 Å². The summed E-state index contributed by atoms with van der Waals surface area (Å²) in [5, 5.41) is 0. The van der Waals surface area contributed by atoms with Crippen molar-refractivity contribution in [1.29, 1.82) is 0 Å². The summed E-state index contributed by atoms with van der Waals surface area (Å²) >= 11 is 0. The molecular weight excluding hydrogens is 212 g/mol. The van der Waals surface area contributed by atoms with E-state index in [-0.39, 0.29) is 40.0 Å². The first-order chi connectivity index (χ1) is 4.41. The zero-order chi connectivity index (χ0) is 6.95. The van der Waals surface area contributed by atoms with E-state index in [1.807, 2.05) is 0 Å². The second-order valence-corrected chi connectivity index (χ2v) is 2.26. The van der Waals surface area contributed by atoms with Crippen molar-refractivity contribution < 1.29 is 17.0 Å². The SMILES string of the molecule is [Br-].[CH2-]CC/C=C/CCCC.[Mg+2]. The van der Waals surface area contributed by atoms with Crippen molar-refractivity contribution >= 4 is 23.1 Å². The standard InChI is InChI=1S/C9H17.BrH.Mg/c1-3-5-7-9-8-6-4-2;;/h7,9H,1,3-6,8H2,2H3;1H;/q-1;;+2/p-1/b9-7+;;. The fourth-order valence-electron chi connectivity index (χ4n) is 0.676. The van der Waals surface area contributed by atoms with E-state index in [9.17, 15) is 0 Å². The second kappa shape index (κ2) is 17.2. The second-order valence-electron chi connectivity index (χ2n) is 2.26. The van der Waals surface area contributed by atoms with Crippen LogP contribution in [-0.4, -0.2) is 23.1 Å². The monoisotopic (exact) mass is 228 g/mol. The Morgan fingerprint density at radius 2 is 1.73 bits per heavy atom. The zero-order valence-electron chi connectivity index (χ0n) is 7.48. The van der Waals surface area contributed by atoms with Crippen LogP contribution in [0.4, 0.5) is 0 Å². The van der Waals surface area contributed by atoms with Crippen LogP contribution in [0, 0.1) is 6.92 Å². The number of halogens is 1. The fraction of sp³-hybridized carbons (Fsp3) is 0.667. The van der Waals surface area contributed by atoms with E-state index in [0.29, 0.717) is 0 Å². The van der Waals surface area contributed by atoms with E-state index in [1.165, 1.54) is 19.3 Å². The Morgan fingerprint density at radius 1 is 1.18 bits per heavy atom. The van der Waals surface area contributed by atoms with Crippen LogP contribution in [0.1, 0.15) is 39.0 Å². The molecule has 0 saturated carbocycles. The summed E-state index contributed by atoms with van der Waals surface area (Å²) in [6.07, 6.45) is 10.5. The van der Waals surface area contributed by atoms with Crippen molar-refractivity contribution in [3.63, 3.8) is 0 Å². The minimum atomic E-state index is 0. The van der Waals surface area contributed by atoms with Gasteiger partial charge in [0.25, 0.3) is 0 Å². The van der Waals surface area contributed by atoms with Crippen molar-refractivity contribution in [2.24, 2.45) is 0 Å². The van der Waals surface area contributed by atoms with Gasteiger partial charge in [-0.2, -0.15) is 6.42 Å². The van der Waals surface area contributed by atoms with E-state index in [4.69, 9.17) is 0 Å². The van der Waals surface area contributed by atoms with Gasteiger partial charge in [0, 0.05) is 0 Å². The summed E-state index contributed by atoms with van der Waals surface area (Å²) in [6.45, 7) is 5.97. The normalized spacial score (nSPS) is 8.91. The maximum absolute atomic E-state index is 3.75. The average molecular weight is 229 g/mol. The quantitative estimate of drug-likeness (QED) is 0.269. The molecule has 0 rings (SSSR count). The van der Waals surface area contributed by atoms with Crippen LogP contribution in [0.25, 0.3) is 0 Å². The minimum Gasteiger partial charge on any atom is -1.00 e. The first-order valence-corrected chi connectivity index (χ1v) is 3.86. The molecule has 0 spiro atoms. The van der Waals surface area contributed by atoms with Gasteiger partial charge >= 0.3 is 23.1 Å². The molecule has 0 aromatic carbocycles. The minimum absolute atomic E-state index is 0. The van der Waals surface area contributed by atoms with Gasteiger partial charge in [0.15, 0.2) is 0 Å². The van der Waals surface area contributed by atoms with Crippen LogP contribution in [0.2, 0.25) is 0 Å². The molecule has 0 aromatic rings. The van der Waals surface area contributed by atoms with Gasteiger partial charge in [-0.05, 0) is 6.42 Å². The summed E-state index contributed by atoms with van der Waals surface area (Å²) in [5.41, 5.74) is 0. The average Bonchev–Trinajstić information content (AvgIpc) is 1.89. The van der Waals surface area contributed by atoms with Crippen molar-refractivity contribution in [3.05, 3.63) is 19.1 Å². The summed E-state index contributed by atoms with van der Waals surface area (Å²) in [7, 11) is 0. The van der Waals surface area contributed by atoms with E-state index >= 15 is 0 Å². The van der Waals surface area contributed by atoms with Crippen LogP contribution < -0.4 is 17.0 Å². The molecule has 0 atom stereocenters. The Labute approximate surface area is 97.8 Å². The van der Waals surface area contributed by atoms with E-state index in [2.05, 4.69) is 26.0 Å². The number of hydrogen-bond donors (Lipinski definition) is 0. The Balaban J connectivity index is -0.000000320. The van der Waals surface area contributed by atoms with Crippen molar-refractivity contribution in [3.8, 4) is 0 Å². The smallest absolute Gasteiger partial charge is 1.00 e. The van der Waals surface area contributed by atoms with Gasteiger partial charge < -0.3 is 23.9 Å². The maximum atomic E-state index is 3.75. The van der Waals surface area contributed by atoms with Crippen molar-refractivity contribution in [2.45, 2.75) is 39.0 Å². The van der Waals surface area contributed by atoms with Crippen molar-refractivity contribution in [2.75, 3.05) is 0 Å². The molecule has 0 fully saturated rings. The van der Waals surface area contributed by atoms with E-state index < -0.39 is 0 Å². The van der Waals surface area contributed by atoms with Gasteiger partial charge in [0.05, 0.1) is 0 Å². The largest absolute Gasteiger partial charge is 2.00 e. The van der Waals surface area contributed by atoms with Crippen LogP contribution in [0.15, 0.2) is 12.2 Å². The summed E-state index contributed by atoms with van der Waals surface area (Å²) in [6, 6.07) is 0. The molecule has 2 heteroatoms. The first-order valence-electron chi connectivity index (χ1n) is 3.86. The molecular formula is C9H17BrMg. The van der Waals surface area contributed by atoms with Gasteiger partial charge in [0.2, 0.25) is 0 Å². The molecule has 0 aliphatic rings. The van der Waals surface area contributed by atoms with Crippen LogP contribution >= 0.6 is 0 Å². The number of hydrogen-bond acceptors (Lipinski definition) is 0. The van der Waals surface area contributed by atoms with E-state index in [0.717, 1.165) is 12.8 Å². The molecule has 11 heavy (non-hydrogen) atoms.